The lowest BCUT2D eigenvalue weighted by Crippen LogP contribution is -2.34. The number of nitrogens with zero attached hydrogens (tertiary/aromatic N) is 2. The highest BCUT2D eigenvalue weighted by Gasteiger charge is 2.22. The van der Waals surface area contributed by atoms with E-state index in [4.69, 9.17) is 9.26 Å². The third kappa shape index (κ3) is 6.66. The van der Waals surface area contributed by atoms with E-state index in [2.05, 4.69) is 49.3 Å². The van der Waals surface area contributed by atoms with Crippen LogP contribution in [0.15, 0.2) is 47.0 Å². The zero-order valence-corrected chi connectivity index (χ0v) is 19.9. The van der Waals surface area contributed by atoms with Crippen molar-refractivity contribution in [2.45, 2.75) is 65.4 Å². The molecule has 0 spiro atoms. The van der Waals surface area contributed by atoms with E-state index in [1.807, 2.05) is 24.3 Å². The first-order valence-electron chi connectivity index (χ1n) is 11.4. The molecule has 0 aliphatic rings. The van der Waals surface area contributed by atoms with E-state index in [9.17, 15) is 4.79 Å². The van der Waals surface area contributed by atoms with E-state index in [1.54, 1.807) is 6.07 Å². The topological polar surface area (TPSA) is 67.6 Å². The Labute approximate surface area is 195 Å². The molecule has 7 heteroatoms. The van der Waals surface area contributed by atoms with Crippen LogP contribution in [0, 0.1) is 6.92 Å². The van der Waals surface area contributed by atoms with Gasteiger partial charge in [-0.05, 0) is 31.0 Å². The molecule has 3 aromatic rings. The Kier molecular flexibility index (Phi) is 9.28. The van der Waals surface area contributed by atoms with Gasteiger partial charge in [-0.25, -0.2) is 9.10 Å². The van der Waals surface area contributed by atoms with Gasteiger partial charge >= 0.3 is 6.03 Å². The van der Waals surface area contributed by atoms with Crippen LogP contribution in [0.2, 0.25) is 0 Å². The van der Waals surface area contributed by atoms with Gasteiger partial charge < -0.3 is 14.6 Å². The number of unbranched alkanes of at least 4 members (excludes halogenated alkanes) is 6. The minimum atomic E-state index is -0.331. The minimum absolute atomic E-state index is 0.319. The Morgan fingerprint density at radius 1 is 1.06 bits per heavy atom. The molecule has 2 amide bonds. The normalized spacial score (nSPS) is 11.0. The van der Waals surface area contributed by atoms with Crippen molar-refractivity contribution >= 4 is 35.6 Å². The van der Waals surface area contributed by atoms with Crippen LogP contribution in [0.3, 0.4) is 0 Å². The molecule has 0 saturated carbocycles. The molecule has 0 saturated heterocycles. The predicted octanol–water partition coefficient (Wildman–Crippen LogP) is 6.83. The standard InChI is InChI=1S/C25H33N3O3S/c1-3-4-5-6-7-8-9-17-26-25(29)28(32)24-23-21(11-10-12-22(23)31-27-24)30-18-20-15-13-19(2)14-16-20/h10-16,32H,3-9,17-18H2,1-2H3,(H,26,29). The first kappa shape index (κ1) is 24.0. The predicted molar refractivity (Wildman–Crippen MR) is 132 cm³/mol. The smallest absolute Gasteiger partial charge is 0.333 e. The van der Waals surface area contributed by atoms with Gasteiger partial charge in [-0.15, -0.1) is 0 Å². The minimum Gasteiger partial charge on any atom is -0.488 e. The number of urea groups is 1. The highest BCUT2D eigenvalue weighted by atomic mass is 32.1. The summed E-state index contributed by atoms with van der Waals surface area (Å²) >= 11 is 4.38. The lowest BCUT2D eigenvalue weighted by Gasteiger charge is -2.15. The fraction of sp³-hybridized carbons (Fsp3) is 0.440. The first-order valence-corrected chi connectivity index (χ1v) is 11.8. The molecule has 0 unspecified atom stereocenters. The molecule has 0 bridgehead atoms. The van der Waals surface area contributed by atoms with Crippen molar-refractivity contribution in [2.75, 3.05) is 10.8 Å². The third-order valence-electron chi connectivity index (χ3n) is 5.41. The van der Waals surface area contributed by atoms with Gasteiger partial charge in [0.1, 0.15) is 17.7 Å². The van der Waals surface area contributed by atoms with E-state index in [0.717, 1.165) is 18.4 Å². The number of thiol groups is 1. The highest BCUT2D eigenvalue weighted by molar-refractivity contribution is 7.82. The molecule has 172 valence electrons. The Hall–Kier alpha value is -2.67. The number of rotatable bonds is 12. The quantitative estimate of drug-likeness (QED) is 0.232. The van der Waals surface area contributed by atoms with Crippen LogP contribution in [0.4, 0.5) is 10.6 Å². The van der Waals surface area contributed by atoms with Gasteiger partial charge in [-0.1, -0.05) is 99.3 Å². The van der Waals surface area contributed by atoms with Crippen molar-refractivity contribution in [3.05, 3.63) is 53.6 Å². The summed E-state index contributed by atoms with van der Waals surface area (Å²) in [4.78, 5) is 12.6. The number of carbonyl (C=O) groups excluding carboxylic acids is 1. The molecule has 0 aliphatic carbocycles. The summed E-state index contributed by atoms with van der Waals surface area (Å²) in [5, 5.41) is 7.60. The number of hydrogen-bond acceptors (Lipinski definition) is 5. The Bertz CT molecular complexity index is 988. The van der Waals surface area contributed by atoms with Crippen LogP contribution in [0.5, 0.6) is 5.75 Å². The summed E-state index contributed by atoms with van der Waals surface area (Å²) in [5.41, 5.74) is 2.80. The summed E-state index contributed by atoms with van der Waals surface area (Å²) in [6, 6.07) is 13.3. The zero-order valence-electron chi connectivity index (χ0n) is 19.0. The average Bonchev–Trinajstić information content (AvgIpc) is 3.24. The fourth-order valence-electron chi connectivity index (χ4n) is 3.50. The van der Waals surface area contributed by atoms with Gasteiger partial charge in [-0.2, -0.15) is 0 Å². The molecule has 0 fully saturated rings. The molecule has 0 atom stereocenters. The second-order valence-corrected chi connectivity index (χ2v) is 8.47. The molecular formula is C25H33N3O3S. The number of nitrogens with one attached hydrogen (secondary N) is 1. The Balaban J connectivity index is 1.57. The van der Waals surface area contributed by atoms with Crippen LogP contribution in [0.1, 0.15) is 63.0 Å². The molecule has 3 rings (SSSR count). The largest absolute Gasteiger partial charge is 0.488 e. The lowest BCUT2D eigenvalue weighted by atomic mass is 10.1. The molecule has 6 nitrogen and oxygen atoms in total. The number of aromatic nitrogens is 1. The summed E-state index contributed by atoms with van der Waals surface area (Å²) in [6.07, 6.45) is 8.37. The number of benzene rings is 2. The van der Waals surface area contributed by atoms with Gasteiger partial charge in [0.2, 0.25) is 5.82 Å². The second kappa shape index (κ2) is 12.4. The number of fused-ring (bicyclic) bond motifs is 1. The second-order valence-electron chi connectivity index (χ2n) is 8.07. The Morgan fingerprint density at radius 3 is 2.53 bits per heavy atom. The SMILES string of the molecule is CCCCCCCCCNC(=O)N(S)c1noc2cccc(OCc3ccc(C)cc3)c12. The van der Waals surface area contributed by atoms with Crippen molar-refractivity contribution in [1.82, 2.24) is 10.5 Å². The molecule has 32 heavy (non-hydrogen) atoms. The molecule has 1 aromatic heterocycles. The van der Waals surface area contributed by atoms with Crippen LogP contribution in [-0.2, 0) is 6.61 Å². The number of aryl methyl sites for hydroxylation is 1. The maximum atomic E-state index is 12.6. The van der Waals surface area contributed by atoms with Crippen LogP contribution >= 0.6 is 12.8 Å². The van der Waals surface area contributed by atoms with Crippen molar-refractivity contribution in [2.24, 2.45) is 0 Å². The Morgan fingerprint density at radius 2 is 1.78 bits per heavy atom. The van der Waals surface area contributed by atoms with Gasteiger partial charge in [-0.3, -0.25) is 0 Å². The van der Waals surface area contributed by atoms with E-state index in [-0.39, 0.29) is 6.03 Å². The third-order valence-corrected chi connectivity index (χ3v) is 5.78. The molecule has 2 aromatic carbocycles. The van der Waals surface area contributed by atoms with Gasteiger partial charge in [0.15, 0.2) is 5.58 Å². The van der Waals surface area contributed by atoms with Crippen molar-refractivity contribution in [3.8, 4) is 5.75 Å². The maximum absolute atomic E-state index is 12.6. The molecule has 1 heterocycles. The molecular weight excluding hydrogens is 422 g/mol. The van der Waals surface area contributed by atoms with Crippen LogP contribution < -0.4 is 14.4 Å². The monoisotopic (exact) mass is 455 g/mol. The van der Waals surface area contributed by atoms with Gasteiger partial charge in [0, 0.05) is 6.54 Å². The van der Waals surface area contributed by atoms with Crippen LogP contribution in [0.25, 0.3) is 11.0 Å². The van der Waals surface area contributed by atoms with E-state index < -0.39 is 0 Å². The number of anilines is 1. The first-order chi connectivity index (χ1) is 15.6. The van der Waals surface area contributed by atoms with Gasteiger partial charge in [0.05, 0.1) is 0 Å². The van der Waals surface area contributed by atoms with E-state index in [1.165, 1.54) is 42.0 Å². The molecule has 0 radical (unpaired) electrons. The van der Waals surface area contributed by atoms with E-state index in [0.29, 0.717) is 35.7 Å². The zero-order chi connectivity index (χ0) is 22.8. The number of carbonyl (C=O) groups is 1. The van der Waals surface area contributed by atoms with Crippen molar-refractivity contribution in [1.29, 1.82) is 0 Å². The highest BCUT2D eigenvalue weighted by Crippen LogP contribution is 2.35. The number of ether oxygens (including phenoxy) is 1. The molecule has 0 aliphatic heterocycles. The van der Waals surface area contributed by atoms with Crippen LogP contribution in [-0.4, -0.2) is 17.7 Å². The summed E-state index contributed by atoms with van der Waals surface area (Å²) in [5.74, 6) is 0.915. The van der Waals surface area contributed by atoms with Crippen molar-refractivity contribution < 1.29 is 14.1 Å². The summed E-state index contributed by atoms with van der Waals surface area (Å²) in [7, 11) is 0. The van der Waals surface area contributed by atoms with E-state index >= 15 is 0 Å². The summed E-state index contributed by atoms with van der Waals surface area (Å²) < 4.78 is 12.6. The molecule has 1 N–H and O–H groups in total. The average molecular weight is 456 g/mol. The fourth-order valence-corrected chi connectivity index (χ4v) is 3.71. The van der Waals surface area contributed by atoms with Gasteiger partial charge in [0.25, 0.3) is 0 Å². The number of hydrogen-bond donors (Lipinski definition) is 2. The number of amides is 2. The van der Waals surface area contributed by atoms with Crippen molar-refractivity contribution in [3.63, 3.8) is 0 Å². The lowest BCUT2D eigenvalue weighted by molar-refractivity contribution is 0.249. The summed E-state index contributed by atoms with van der Waals surface area (Å²) in [6.45, 7) is 5.28. The maximum Gasteiger partial charge on any atom is 0.333 e.